The number of aromatic nitrogens is 1. The molecule has 0 spiro atoms. The first-order valence-corrected chi connectivity index (χ1v) is 9.49. The summed E-state index contributed by atoms with van der Waals surface area (Å²) in [6.07, 6.45) is 0.106. The zero-order valence-electron chi connectivity index (χ0n) is 15.0. The van der Waals surface area contributed by atoms with Crippen molar-refractivity contribution in [2.24, 2.45) is 5.10 Å². The molecule has 0 saturated carbocycles. The summed E-state index contributed by atoms with van der Waals surface area (Å²) in [6, 6.07) is 15.7. The van der Waals surface area contributed by atoms with Crippen LogP contribution in [0.2, 0.25) is 0 Å². The van der Waals surface area contributed by atoms with Gasteiger partial charge in [-0.05, 0) is 43.3 Å². The van der Waals surface area contributed by atoms with Gasteiger partial charge < -0.3 is 4.42 Å². The number of thiazole rings is 1. The van der Waals surface area contributed by atoms with E-state index in [2.05, 4.69) is 15.5 Å². The van der Waals surface area contributed by atoms with Gasteiger partial charge in [-0.3, -0.25) is 4.79 Å². The molecule has 5 nitrogen and oxygen atoms in total. The summed E-state index contributed by atoms with van der Waals surface area (Å²) in [5.41, 5.74) is 5.34. The van der Waals surface area contributed by atoms with E-state index in [9.17, 15) is 9.18 Å². The molecule has 1 N–H and O–H groups in total. The maximum Gasteiger partial charge on any atom is 0.246 e. The van der Waals surface area contributed by atoms with Gasteiger partial charge in [0.1, 0.15) is 22.1 Å². The highest BCUT2D eigenvalue weighted by Gasteiger charge is 2.10. The van der Waals surface area contributed by atoms with E-state index in [-0.39, 0.29) is 18.1 Å². The molecule has 0 bridgehead atoms. The standard InChI is InChI=1S/C21H16FN3O2S/c1-13(19-10-15-4-2-3-5-18(15)27-19)24-25-20(26)11-17-12-28-21(23-17)14-6-8-16(22)9-7-14/h2-10,12H,11H2,1H3,(H,25,26)/b24-13-. The summed E-state index contributed by atoms with van der Waals surface area (Å²) in [7, 11) is 0. The van der Waals surface area contributed by atoms with E-state index in [1.807, 2.05) is 35.7 Å². The van der Waals surface area contributed by atoms with E-state index in [1.165, 1.54) is 23.5 Å². The van der Waals surface area contributed by atoms with E-state index >= 15 is 0 Å². The Morgan fingerprint density at radius 2 is 2.00 bits per heavy atom. The summed E-state index contributed by atoms with van der Waals surface area (Å²) >= 11 is 1.41. The number of nitrogens with zero attached hydrogens (tertiary/aromatic N) is 2. The van der Waals surface area contributed by atoms with Crippen LogP contribution in [0.15, 0.2) is 69.5 Å². The molecule has 0 aliphatic rings. The van der Waals surface area contributed by atoms with Crippen LogP contribution in [0, 0.1) is 5.82 Å². The number of carbonyl (C=O) groups is 1. The SMILES string of the molecule is C/C(=N/NC(=O)Cc1csc(-c2ccc(F)cc2)n1)c1cc2ccccc2o1. The van der Waals surface area contributed by atoms with Crippen molar-refractivity contribution in [3.63, 3.8) is 0 Å². The van der Waals surface area contributed by atoms with Crippen LogP contribution >= 0.6 is 11.3 Å². The Morgan fingerprint density at radius 3 is 2.79 bits per heavy atom. The Morgan fingerprint density at radius 1 is 1.21 bits per heavy atom. The van der Waals surface area contributed by atoms with Gasteiger partial charge in [0.15, 0.2) is 5.76 Å². The minimum Gasteiger partial charge on any atom is -0.455 e. The van der Waals surface area contributed by atoms with Gasteiger partial charge in [0.25, 0.3) is 0 Å². The van der Waals surface area contributed by atoms with Crippen LogP contribution in [0.5, 0.6) is 0 Å². The molecule has 0 radical (unpaired) electrons. The van der Waals surface area contributed by atoms with Crippen molar-refractivity contribution in [1.82, 2.24) is 10.4 Å². The van der Waals surface area contributed by atoms with Crippen LogP contribution in [0.3, 0.4) is 0 Å². The molecule has 0 unspecified atom stereocenters. The van der Waals surface area contributed by atoms with Gasteiger partial charge in [-0.15, -0.1) is 11.3 Å². The Balaban J connectivity index is 1.40. The quantitative estimate of drug-likeness (QED) is 0.392. The molecule has 2 aromatic heterocycles. The molecule has 4 rings (SSSR count). The van der Waals surface area contributed by atoms with Gasteiger partial charge in [0, 0.05) is 16.3 Å². The van der Waals surface area contributed by atoms with Gasteiger partial charge in [0.05, 0.1) is 12.1 Å². The fraction of sp³-hybridized carbons (Fsp3) is 0.0952. The summed E-state index contributed by atoms with van der Waals surface area (Å²) in [5.74, 6) is 0.0396. The van der Waals surface area contributed by atoms with Crippen molar-refractivity contribution in [3.8, 4) is 10.6 Å². The first-order chi connectivity index (χ1) is 13.6. The Bertz CT molecular complexity index is 1130. The number of para-hydroxylation sites is 1. The fourth-order valence-corrected chi connectivity index (χ4v) is 3.50. The summed E-state index contributed by atoms with van der Waals surface area (Å²) in [5, 5.41) is 7.65. The highest BCUT2D eigenvalue weighted by Crippen LogP contribution is 2.24. The normalized spacial score (nSPS) is 11.7. The number of halogens is 1. The minimum absolute atomic E-state index is 0.106. The third-order valence-electron chi connectivity index (χ3n) is 4.12. The van der Waals surface area contributed by atoms with Crippen molar-refractivity contribution in [1.29, 1.82) is 0 Å². The van der Waals surface area contributed by atoms with Gasteiger partial charge in [-0.1, -0.05) is 18.2 Å². The lowest BCUT2D eigenvalue weighted by molar-refractivity contribution is -0.120. The predicted molar refractivity (Wildman–Crippen MR) is 108 cm³/mol. The van der Waals surface area contributed by atoms with Crippen LogP contribution in [-0.4, -0.2) is 16.6 Å². The molecule has 1 amide bonds. The van der Waals surface area contributed by atoms with Crippen LogP contribution in [0.1, 0.15) is 18.4 Å². The largest absolute Gasteiger partial charge is 0.455 e. The van der Waals surface area contributed by atoms with E-state index in [0.717, 1.165) is 21.5 Å². The molecule has 2 heterocycles. The van der Waals surface area contributed by atoms with Crippen LogP contribution in [-0.2, 0) is 11.2 Å². The van der Waals surface area contributed by atoms with Crippen molar-refractivity contribution >= 4 is 33.9 Å². The van der Waals surface area contributed by atoms with Crippen LogP contribution in [0.4, 0.5) is 4.39 Å². The number of fused-ring (bicyclic) bond motifs is 1. The summed E-state index contributed by atoms with van der Waals surface area (Å²) in [4.78, 5) is 16.6. The van der Waals surface area contributed by atoms with Gasteiger partial charge in [-0.2, -0.15) is 5.10 Å². The molecule has 7 heteroatoms. The average molecular weight is 393 g/mol. The first kappa shape index (κ1) is 18.1. The van der Waals surface area contributed by atoms with Crippen molar-refractivity contribution in [2.75, 3.05) is 0 Å². The number of carbonyl (C=O) groups excluding carboxylic acids is 1. The number of benzene rings is 2. The minimum atomic E-state index is -0.294. The highest BCUT2D eigenvalue weighted by molar-refractivity contribution is 7.13. The van der Waals surface area contributed by atoms with Gasteiger partial charge in [-0.25, -0.2) is 14.8 Å². The average Bonchev–Trinajstić information content (AvgIpc) is 3.33. The number of hydrogen-bond donors (Lipinski definition) is 1. The van der Waals surface area contributed by atoms with E-state index < -0.39 is 0 Å². The molecule has 4 aromatic rings. The fourth-order valence-electron chi connectivity index (χ4n) is 2.68. The van der Waals surface area contributed by atoms with E-state index in [1.54, 1.807) is 19.1 Å². The van der Waals surface area contributed by atoms with Crippen LogP contribution in [0.25, 0.3) is 21.5 Å². The third-order valence-corrected chi connectivity index (χ3v) is 5.06. The maximum absolute atomic E-state index is 13.0. The second kappa shape index (κ2) is 7.74. The topological polar surface area (TPSA) is 67.5 Å². The second-order valence-corrected chi connectivity index (χ2v) is 7.07. The Labute approximate surface area is 164 Å². The molecule has 0 fully saturated rings. The summed E-state index contributed by atoms with van der Waals surface area (Å²) in [6.45, 7) is 1.77. The molecule has 0 atom stereocenters. The molecule has 0 saturated heterocycles. The monoisotopic (exact) mass is 393 g/mol. The zero-order valence-corrected chi connectivity index (χ0v) is 15.8. The van der Waals surface area contributed by atoms with Crippen molar-refractivity contribution in [3.05, 3.63) is 77.2 Å². The number of hydrogen-bond acceptors (Lipinski definition) is 5. The van der Waals surface area contributed by atoms with Crippen LogP contribution < -0.4 is 5.43 Å². The number of nitrogens with one attached hydrogen (secondary N) is 1. The third kappa shape index (κ3) is 3.99. The predicted octanol–water partition coefficient (Wildman–Crippen LogP) is 4.78. The molecule has 28 heavy (non-hydrogen) atoms. The lowest BCUT2D eigenvalue weighted by Gasteiger charge is -1.99. The second-order valence-electron chi connectivity index (χ2n) is 6.21. The van der Waals surface area contributed by atoms with Gasteiger partial charge in [0.2, 0.25) is 5.91 Å². The smallest absolute Gasteiger partial charge is 0.246 e. The van der Waals surface area contributed by atoms with Crippen molar-refractivity contribution in [2.45, 2.75) is 13.3 Å². The van der Waals surface area contributed by atoms with E-state index in [0.29, 0.717) is 17.2 Å². The number of rotatable bonds is 5. The Kier molecular flexibility index (Phi) is 4.99. The van der Waals surface area contributed by atoms with Gasteiger partial charge >= 0.3 is 0 Å². The number of amides is 1. The van der Waals surface area contributed by atoms with E-state index in [4.69, 9.17) is 4.42 Å². The summed E-state index contributed by atoms with van der Waals surface area (Å²) < 4.78 is 18.7. The number of hydrazone groups is 1. The van der Waals surface area contributed by atoms with Crippen molar-refractivity contribution < 1.29 is 13.6 Å². The first-order valence-electron chi connectivity index (χ1n) is 8.61. The molecule has 0 aliphatic carbocycles. The molecule has 2 aromatic carbocycles. The Hall–Kier alpha value is -3.32. The lowest BCUT2D eigenvalue weighted by atomic mass is 10.2. The maximum atomic E-state index is 13.0. The lowest BCUT2D eigenvalue weighted by Crippen LogP contribution is -2.21. The molecular weight excluding hydrogens is 377 g/mol. The molecule has 0 aliphatic heterocycles. The highest BCUT2D eigenvalue weighted by atomic mass is 32.1. The molecule has 140 valence electrons. The number of furan rings is 1. The zero-order chi connectivity index (χ0) is 19.5. The molecular formula is C21H16FN3O2S.